The summed E-state index contributed by atoms with van der Waals surface area (Å²) in [5, 5.41) is 3.37. The van der Waals surface area contributed by atoms with Crippen LogP contribution in [0.5, 0.6) is 0 Å². The molecule has 0 aromatic rings. The van der Waals surface area contributed by atoms with E-state index in [4.69, 9.17) is 0 Å². The van der Waals surface area contributed by atoms with Crippen molar-refractivity contribution >= 4 is 0 Å². The van der Waals surface area contributed by atoms with Gasteiger partial charge in [-0.3, -0.25) is 0 Å². The summed E-state index contributed by atoms with van der Waals surface area (Å²) in [5.41, 5.74) is 0. The number of hydrogen-bond acceptors (Lipinski definition) is 2. The van der Waals surface area contributed by atoms with Crippen LogP contribution in [0.4, 0.5) is 0 Å². The molecule has 0 saturated carbocycles. The molecule has 1 heterocycles. The first kappa shape index (κ1) is 12.3. The summed E-state index contributed by atoms with van der Waals surface area (Å²) >= 11 is 0. The van der Waals surface area contributed by atoms with Crippen LogP contribution in [-0.2, 0) is 0 Å². The summed E-state index contributed by atoms with van der Waals surface area (Å²) in [6, 6.07) is 0.528. The molecule has 2 atom stereocenters. The normalized spacial score (nSPS) is 21.7. The third-order valence-electron chi connectivity index (χ3n) is 2.98. The van der Waals surface area contributed by atoms with Gasteiger partial charge in [-0.15, -0.1) is 0 Å². The van der Waals surface area contributed by atoms with Crippen LogP contribution in [0.2, 0.25) is 0 Å². The molecule has 1 aliphatic heterocycles. The smallest absolute Gasteiger partial charge is 0.0445 e. The van der Waals surface area contributed by atoms with E-state index in [2.05, 4.69) is 43.1 Å². The Balaban J connectivity index is 2.25. The molecule has 0 saturated heterocycles. The molecule has 0 radical (unpaired) electrons. The van der Waals surface area contributed by atoms with Crippen molar-refractivity contribution in [2.75, 3.05) is 19.6 Å². The first-order valence-electron chi connectivity index (χ1n) is 6.08. The van der Waals surface area contributed by atoms with Gasteiger partial charge in [0.05, 0.1) is 0 Å². The lowest BCUT2D eigenvalue weighted by molar-refractivity contribution is 0.249. The SMILES string of the molecule is CCN(CC)CC(C)CC1C=CC=CN1. The zero-order valence-electron chi connectivity index (χ0n) is 10.2. The van der Waals surface area contributed by atoms with Crippen LogP contribution in [-0.4, -0.2) is 30.6 Å². The Labute approximate surface area is 94.0 Å². The molecule has 1 N–H and O–H groups in total. The highest BCUT2D eigenvalue weighted by Gasteiger charge is 2.12. The number of dihydropyridines is 1. The molecule has 0 fully saturated rings. The Kier molecular flexibility index (Phi) is 5.48. The number of rotatable bonds is 6. The molecule has 0 amide bonds. The monoisotopic (exact) mass is 208 g/mol. The van der Waals surface area contributed by atoms with Crippen molar-refractivity contribution in [3.63, 3.8) is 0 Å². The molecule has 15 heavy (non-hydrogen) atoms. The molecule has 2 nitrogen and oxygen atoms in total. The van der Waals surface area contributed by atoms with Crippen molar-refractivity contribution in [1.29, 1.82) is 0 Å². The molecule has 2 heteroatoms. The molecule has 0 spiro atoms. The van der Waals surface area contributed by atoms with Gasteiger partial charge in [-0.1, -0.05) is 32.9 Å². The molecular formula is C13H24N2. The molecule has 0 bridgehead atoms. The topological polar surface area (TPSA) is 15.3 Å². The Morgan fingerprint density at radius 2 is 2.00 bits per heavy atom. The lowest BCUT2D eigenvalue weighted by Gasteiger charge is -2.25. The summed E-state index contributed by atoms with van der Waals surface area (Å²) in [6.45, 7) is 10.3. The predicted molar refractivity (Wildman–Crippen MR) is 66.8 cm³/mol. The van der Waals surface area contributed by atoms with E-state index in [0.29, 0.717) is 6.04 Å². The molecule has 0 aromatic carbocycles. The Morgan fingerprint density at radius 1 is 1.27 bits per heavy atom. The Bertz CT molecular complexity index is 217. The van der Waals surface area contributed by atoms with Gasteiger partial charge in [0.2, 0.25) is 0 Å². The van der Waals surface area contributed by atoms with Crippen LogP contribution in [0.15, 0.2) is 24.4 Å². The highest BCUT2D eigenvalue weighted by atomic mass is 15.1. The number of nitrogens with zero attached hydrogens (tertiary/aromatic N) is 1. The summed E-state index contributed by atoms with van der Waals surface area (Å²) < 4.78 is 0. The maximum absolute atomic E-state index is 3.37. The van der Waals surface area contributed by atoms with Gasteiger partial charge in [0, 0.05) is 12.6 Å². The summed E-state index contributed by atoms with van der Waals surface area (Å²) in [7, 11) is 0. The van der Waals surface area contributed by atoms with Crippen LogP contribution in [0.25, 0.3) is 0 Å². The highest BCUT2D eigenvalue weighted by molar-refractivity contribution is 5.12. The van der Waals surface area contributed by atoms with E-state index in [1.165, 1.54) is 13.0 Å². The van der Waals surface area contributed by atoms with Gasteiger partial charge in [-0.05, 0) is 37.7 Å². The fourth-order valence-corrected chi connectivity index (χ4v) is 2.07. The van der Waals surface area contributed by atoms with E-state index >= 15 is 0 Å². The van der Waals surface area contributed by atoms with Crippen LogP contribution in [0.1, 0.15) is 27.2 Å². The first-order chi connectivity index (χ1) is 7.26. The van der Waals surface area contributed by atoms with Gasteiger partial charge >= 0.3 is 0 Å². The lowest BCUT2D eigenvalue weighted by Crippen LogP contribution is -2.32. The van der Waals surface area contributed by atoms with Gasteiger partial charge in [-0.25, -0.2) is 0 Å². The van der Waals surface area contributed by atoms with Crippen LogP contribution >= 0.6 is 0 Å². The molecular weight excluding hydrogens is 184 g/mol. The third-order valence-corrected chi connectivity index (χ3v) is 2.98. The second-order valence-corrected chi connectivity index (χ2v) is 4.34. The lowest BCUT2D eigenvalue weighted by atomic mass is 10.00. The van der Waals surface area contributed by atoms with Gasteiger partial charge in [0.15, 0.2) is 0 Å². The van der Waals surface area contributed by atoms with Crippen molar-refractivity contribution in [2.24, 2.45) is 5.92 Å². The maximum Gasteiger partial charge on any atom is 0.0445 e. The van der Waals surface area contributed by atoms with Gasteiger partial charge in [0.25, 0.3) is 0 Å². The second kappa shape index (κ2) is 6.67. The standard InChI is InChI=1S/C13H24N2/c1-4-15(5-2)11-12(3)10-13-8-6-7-9-14-13/h6-9,12-14H,4-5,10-11H2,1-3H3. The van der Waals surface area contributed by atoms with Crippen molar-refractivity contribution in [2.45, 2.75) is 33.2 Å². The zero-order chi connectivity index (χ0) is 11.1. The van der Waals surface area contributed by atoms with Crippen molar-refractivity contribution in [3.05, 3.63) is 24.4 Å². The van der Waals surface area contributed by atoms with E-state index in [-0.39, 0.29) is 0 Å². The summed E-state index contributed by atoms with van der Waals surface area (Å²) in [5.74, 6) is 0.749. The second-order valence-electron chi connectivity index (χ2n) is 4.34. The quantitative estimate of drug-likeness (QED) is 0.721. The summed E-state index contributed by atoms with van der Waals surface area (Å²) in [6.07, 6.45) is 9.68. The molecule has 0 aliphatic carbocycles. The fraction of sp³-hybridized carbons (Fsp3) is 0.692. The van der Waals surface area contributed by atoms with Crippen molar-refractivity contribution < 1.29 is 0 Å². The van der Waals surface area contributed by atoms with E-state index < -0.39 is 0 Å². The average molecular weight is 208 g/mol. The Hall–Kier alpha value is -0.760. The maximum atomic E-state index is 3.37. The number of hydrogen-bond donors (Lipinski definition) is 1. The van der Waals surface area contributed by atoms with Gasteiger partial charge < -0.3 is 10.2 Å². The van der Waals surface area contributed by atoms with Crippen LogP contribution < -0.4 is 5.32 Å². The van der Waals surface area contributed by atoms with Crippen LogP contribution in [0, 0.1) is 5.92 Å². The fourth-order valence-electron chi connectivity index (χ4n) is 2.07. The minimum absolute atomic E-state index is 0.528. The molecule has 86 valence electrons. The van der Waals surface area contributed by atoms with E-state index in [1.807, 2.05) is 12.3 Å². The zero-order valence-corrected chi connectivity index (χ0v) is 10.2. The third kappa shape index (κ3) is 4.52. The molecule has 1 rings (SSSR count). The molecule has 0 aromatic heterocycles. The van der Waals surface area contributed by atoms with E-state index in [1.54, 1.807) is 0 Å². The van der Waals surface area contributed by atoms with E-state index in [0.717, 1.165) is 19.0 Å². The number of nitrogens with one attached hydrogen (secondary N) is 1. The highest BCUT2D eigenvalue weighted by Crippen LogP contribution is 2.11. The molecule has 1 aliphatic rings. The summed E-state index contributed by atoms with van der Waals surface area (Å²) in [4.78, 5) is 2.49. The largest absolute Gasteiger partial charge is 0.385 e. The van der Waals surface area contributed by atoms with Crippen molar-refractivity contribution in [1.82, 2.24) is 10.2 Å². The first-order valence-corrected chi connectivity index (χ1v) is 6.08. The van der Waals surface area contributed by atoms with Gasteiger partial charge in [-0.2, -0.15) is 0 Å². The Morgan fingerprint density at radius 3 is 2.53 bits per heavy atom. The minimum Gasteiger partial charge on any atom is -0.385 e. The minimum atomic E-state index is 0.528. The average Bonchev–Trinajstić information content (AvgIpc) is 2.27. The number of allylic oxidation sites excluding steroid dienone is 2. The van der Waals surface area contributed by atoms with Crippen molar-refractivity contribution in [3.8, 4) is 0 Å². The van der Waals surface area contributed by atoms with E-state index in [9.17, 15) is 0 Å². The predicted octanol–water partition coefficient (Wildman–Crippen LogP) is 2.40. The van der Waals surface area contributed by atoms with Crippen LogP contribution in [0.3, 0.4) is 0 Å². The van der Waals surface area contributed by atoms with Gasteiger partial charge in [0.1, 0.15) is 0 Å². The molecule has 2 unspecified atom stereocenters.